The van der Waals surface area contributed by atoms with E-state index in [0.29, 0.717) is 27.4 Å². The number of anilines is 1. The number of rotatable bonds is 2. The number of hydrogen-bond donors (Lipinski definition) is 1. The molecule has 0 bridgehead atoms. The number of carbonyl (C=O) groups is 1. The average molecular weight is 317 g/mol. The van der Waals surface area contributed by atoms with Crippen molar-refractivity contribution >= 4 is 34.3 Å². The molecule has 3 rings (SSSR count). The summed E-state index contributed by atoms with van der Waals surface area (Å²) in [5.74, 6) is -0.758. The maximum Gasteiger partial charge on any atom is 0.419 e. The fourth-order valence-corrected chi connectivity index (χ4v) is 2.33. The molecule has 2 aromatic carbocycles. The van der Waals surface area contributed by atoms with E-state index in [0.717, 1.165) is 5.56 Å². The maximum atomic E-state index is 12.3. The summed E-state index contributed by atoms with van der Waals surface area (Å²) in [6, 6.07) is 10.2. The van der Waals surface area contributed by atoms with Crippen LogP contribution in [0, 0.1) is 6.92 Å². The second-order valence-corrected chi connectivity index (χ2v) is 5.43. The molecule has 5 nitrogen and oxygen atoms in total. The first kappa shape index (κ1) is 14.4. The maximum absolute atomic E-state index is 12.3. The van der Waals surface area contributed by atoms with Crippen molar-refractivity contribution in [1.29, 1.82) is 0 Å². The molecule has 0 aliphatic rings. The summed E-state index contributed by atoms with van der Waals surface area (Å²) in [5, 5.41) is 3.35. The first-order valence-electron chi connectivity index (χ1n) is 6.63. The third-order valence-electron chi connectivity index (χ3n) is 3.48. The number of fused-ring (bicyclic) bond motifs is 1. The van der Waals surface area contributed by atoms with Gasteiger partial charge in [0.25, 0.3) is 5.91 Å². The van der Waals surface area contributed by atoms with Gasteiger partial charge in [0.2, 0.25) is 0 Å². The van der Waals surface area contributed by atoms with Crippen molar-refractivity contribution in [3.05, 3.63) is 63.1 Å². The van der Waals surface area contributed by atoms with Gasteiger partial charge in [-0.25, -0.2) is 4.79 Å². The Balaban J connectivity index is 1.91. The van der Waals surface area contributed by atoms with Crippen molar-refractivity contribution in [3.8, 4) is 0 Å². The number of hydrogen-bond acceptors (Lipinski definition) is 3. The summed E-state index contributed by atoms with van der Waals surface area (Å²) in [6.45, 7) is 1.89. The van der Waals surface area contributed by atoms with Gasteiger partial charge in [-0.2, -0.15) is 0 Å². The molecular formula is C16H13ClN2O3. The van der Waals surface area contributed by atoms with E-state index in [9.17, 15) is 9.59 Å². The number of nitrogens with zero attached hydrogens (tertiary/aromatic N) is 1. The van der Waals surface area contributed by atoms with Gasteiger partial charge in [-0.15, -0.1) is 0 Å². The molecule has 0 aliphatic heterocycles. The summed E-state index contributed by atoms with van der Waals surface area (Å²) in [4.78, 5) is 23.7. The van der Waals surface area contributed by atoms with Gasteiger partial charge in [-0.05, 0) is 42.8 Å². The smallest absolute Gasteiger partial charge is 0.408 e. The van der Waals surface area contributed by atoms with E-state index in [-0.39, 0.29) is 5.91 Å². The Bertz CT molecular complexity index is 940. The van der Waals surface area contributed by atoms with Crippen molar-refractivity contribution in [2.45, 2.75) is 6.92 Å². The molecule has 6 heteroatoms. The molecule has 1 amide bonds. The minimum atomic E-state index is -0.460. The Kier molecular flexibility index (Phi) is 3.50. The largest absolute Gasteiger partial charge is 0.419 e. The van der Waals surface area contributed by atoms with Gasteiger partial charge in [0.1, 0.15) is 0 Å². The normalized spacial score (nSPS) is 10.9. The van der Waals surface area contributed by atoms with E-state index in [1.54, 1.807) is 37.4 Å². The van der Waals surface area contributed by atoms with Crippen molar-refractivity contribution in [1.82, 2.24) is 4.57 Å². The highest BCUT2D eigenvalue weighted by atomic mass is 35.5. The van der Waals surface area contributed by atoms with Crippen LogP contribution in [0.3, 0.4) is 0 Å². The number of aryl methyl sites for hydroxylation is 2. The quantitative estimate of drug-likeness (QED) is 0.788. The molecule has 0 fully saturated rings. The number of aromatic nitrogens is 1. The fraction of sp³-hybridized carbons (Fsp3) is 0.125. The first-order chi connectivity index (χ1) is 10.5. The van der Waals surface area contributed by atoms with Gasteiger partial charge in [0, 0.05) is 23.3 Å². The number of amides is 1. The van der Waals surface area contributed by atoms with Gasteiger partial charge in [0.15, 0.2) is 5.58 Å². The topological polar surface area (TPSA) is 64.2 Å². The summed E-state index contributed by atoms with van der Waals surface area (Å²) < 4.78 is 6.47. The Hall–Kier alpha value is -2.53. The molecule has 1 N–H and O–H groups in total. The lowest BCUT2D eigenvalue weighted by molar-refractivity contribution is 0.102. The van der Waals surface area contributed by atoms with E-state index in [1.165, 1.54) is 4.57 Å². The molecule has 1 heterocycles. The Morgan fingerprint density at radius 2 is 2.00 bits per heavy atom. The van der Waals surface area contributed by atoms with Gasteiger partial charge < -0.3 is 9.73 Å². The molecule has 112 valence electrons. The molecule has 0 aliphatic carbocycles. The zero-order valence-electron chi connectivity index (χ0n) is 12.0. The standard InChI is InChI=1S/C16H13ClN2O3/c1-9-3-5-11(8-12(9)17)18-15(20)10-4-6-13-14(7-10)22-16(21)19(13)2/h3-8H,1-2H3,(H,18,20). The van der Waals surface area contributed by atoms with Crippen LogP contribution >= 0.6 is 11.6 Å². The van der Waals surface area contributed by atoms with Crippen LogP contribution in [0.15, 0.2) is 45.6 Å². The van der Waals surface area contributed by atoms with Crippen molar-refractivity contribution in [3.63, 3.8) is 0 Å². The van der Waals surface area contributed by atoms with Crippen LogP contribution in [-0.2, 0) is 7.05 Å². The van der Waals surface area contributed by atoms with Crippen LogP contribution < -0.4 is 11.1 Å². The number of carbonyl (C=O) groups excluding carboxylic acids is 1. The molecular weight excluding hydrogens is 304 g/mol. The van der Waals surface area contributed by atoms with Gasteiger partial charge in [-0.1, -0.05) is 17.7 Å². The number of benzene rings is 2. The molecule has 22 heavy (non-hydrogen) atoms. The number of halogens is 1. The molecule has 0 atom stereocenters. The molecule has 0 saturated heterocycles. The minimum absolute atomic E-state index is 0.298. The van der Waals surface area contributed by atoms with Crippen LogP contribution in [0.5, 0.6) is 0 Å². The monoisotopic (exact) mass is 316 g/mol. The van der Waals surface area contributed by atoms with Crippen molar-refractivity contribution < 1.29 is 9.21 Å². The van der Waals surface area contributed by atoms with Crippen molar-refractivity contribution in [2.24, 2.45) is 7.05 Å². The zero-order valence-corrected chi connectivity index (χ0v) is 12.8. The highest BCUT2D eigenvalue weighted by Crippen LogP contribution is 2.21. The van der Waals surface area contributed by atoms with E-state index >= 15 is 0 Å². The zero-order chi connectivity index (χ0) is 15.9. The summed E-state index contributed by atoms with van der Waals surface area (Å²) in [7, 11) is 1.61. The van der Waals surface area contributed by atoms with Crippen LogP contribution in [0.25, 0.3) is 11.1 Å². The first-order valence-corrected chi connectivity index (χ1v) is 7.00. The Morgan fingerprint density at radius 3 is 2.73 bits per heavy atom. The van der Waals surface area contributed by atoms with Crippen LogP contribution in [0.4, 0.5) is 5.69 Å². The molecule has 0 unspecified atom stereocenters. The third kappa shape index (κ3) is 2.51. The summed E-state index contributed by atoms with van der Waals surface area (Å²) in [5.41, 5.74) is 2.96. The molecule has 1 aromatic heterocycles. The van der Waals surface area contributed by atoms with E-state index in [2.05, 4.69) is 5.32 Å². The van der Waals surface area contributed by atoms with E-state index < -0.39 is 5.76 Å². The molecule has 3 aromatic rings. The molecule has 0 radical (unpaired) electrons. The highest BCUT2D eigenvalue weighted by Gasteiger charge is 2.11. The minimum Gasteiger partial charge on any atom is -0.408 e. The highest BCUT2D eigenvalue weighted by molar-refractivity contribution is 6.31. The van der Waals surface area contributed by atoms with Gasteiger partial charge in [-0.3, -0.25) is 9.36 Å². The third-order valence-corrected chi connectivity index (χ3v) is 3.89. The lowest BCUT2D eigenvalue weighted by atomic mass is 10.1. The van der Waals surface area contributed by atoms with E-state index in [4.69, 9.17) is 16.0 Å². The fourth-order valence-electron chi connectivity index (χ4n) is 2.15. The molecule has 0 saturated carbocycles. The molecule has 0 spiro atoms. The number of nitrogens with one attached hydrogen (secondary N) is 1. The van der Waals surface area contributed by atoms with Gasteiger partial charge in [0.05, 0.1) is 5.52 Å². The summed E-state index contributed by atoms with van der Waals surface area (Å²) in [6.07, 6.45) is 0. The van der Waals surface area contributed by atoms with E-state index in [1.807, 2.05) is 13.0 Å². The SMILES string of the molecule is Cc1ccc(NC(=O)c2ccc3c(c2)oc(=O)n3C)cc1Cl. The predicted octanol–water partition coefficient (Wildman–Crippen LogP) is 3.35. The van der Waals surface area contributed by atoms with Crippen LogP contribution in [-0.4, -0.2) is 10.5 Å². The van der Waals surface area contributed by atoms with Crippen LogP contribution in [0.1, 0.15) is 15.9 Å². The summed E-state index contributed by atoms with van der Waals surface area (Å²) >= 11 is 6.04. The average Bonchev–Trinajstić information content (AvgIpc) is 2.77. The lowest BCUT2D eigenvalue weighted by Crippen LogP contribution is -2.11. The van der Waals surface area contributed by atoms with Gasteiger partial charge >= 0.3 is 5.76 Å². The second-order valence-electron chi connectivity index (χ2n) is 5.03. The van der Waals surface area contributed by atoms with Crippen LogP contribution in [0.2, 0.25) is 5.02 Å². The Morgan fingerprint density at radius 1 is 1.23 bits per heavy atom. The van der Waals surface area contributed by atoms with Crippen molar-refractivity contribution in [2.75, 3.05) is 5.32 Å². The second kappa shape index (κ2) is 5.35. The predicted molar refractivity (Wildman–Crippen MR) is 85.6 cm³/mol. The Labute approximate surface area is 131 Å². The lowest BCUT2D eigenvalue weighted by Gasteiger charge is -2.07. The number of oxazole rings is 1.